The molecule has 1 fully saturated rings. The molecule has 3 rings (SSSR count). The van der Waals surface area contributed by atoms with Crippen LogP contribution in [0.15, 0.2) is 0 Å². The zero-order valence-corrected chi connectivity index (χ0v) is 11.6. The molecule has 2 heterocycles. The average molecular weight is 268 g/mol. The van der Waals surface area contributed by atoms with Gasteiger partial charge in [0.1, 0.15) is 11.1 Å². The van der Waals surface area contributed by atoms with E-state index in [9.17, 15) is 0 Å². The second kappa shape index (κ2) is 5.65. The van der Waals surface area contributed by atoms with E-state index >= 15 is 0 Å². The van der Waals surface area contributed by atoms with Crippen molar-refractivity contribution in [2.24, 2.45) is 0 Å². The highest BCUT2D eigenvalue weighted by Gasteiger charge is 2.27. The van der Waals surface area contributed by atoms with Crippen molar-refractivity contribution in [1.29, 1.82) is 0 Å². The molecule has 1 N–H and O–H groups in total. The number of nitrogens with one attached hydrogen (secondary N) is 1. The lowest BCUT2D eigenvalue weighted by atomic mass is 9.98. The van der Waals surface area contributed by atoms with E-state index in [0.29, 0.717) is 25.9 Å². The minimum atomic E-state index is 0.0524. The van der Waals surface area contributed by atoms with Crippen LogP contribution in [0.4, 0.5) is 0 Å². The minimum absolute atomic E-state index is 0.0524. The molecule has 0 aromatic carbocycles. The highest BCUT2D eigenvalue weighted by atomic mass is 32.1. The van der Waals surface area contributed by atoms with Gasteiger partial charge in [-0.2, -0.15) is 0 Å². The molecule has 0 amide bonds. The van der Waals surface area contributed by atoms with E-state index in [1.807, 2.05) is 11.3 Å². The summed E-state index contributed by atoms with van der Waals surface area (Å²) in [5.41, 5.74) is 1.28. The molecule has 5 heteroatoms. The summed E-state index contributed by atoms with van der Waals surface area (Å²) in [5, 5.41) is 4.66. The second-order valence-corrected chi connectivity index (χ2v) is 5.86. The minimum Gasteiger partial charge on any atom is -0.376 e. The summed E-state index contributed by atoms with van der Waals surface area (Å²) in [6.07, 6.45) is 3.62. The first-order chi connectivity index (χ1) is 8.88. The van der Waals surface area contributed by atoms with Crippen LogP contribution in [0.5, 0.6) is 0 Å². The lowest BCUT2D eigenvalue weighted by Gasteiger charge is -2.21. The Hall–Kier alpha value is -0.490. The van der Waals surface area contributed by atoms with E-state index in [4.69, 9.17) is 14.5 Å². The Morgan fingerprint density at radius 2 is 2.39 bits per heavy atom. The van der Waals surface area contributed by atoms with Crippen LogP contribution in [0.1, 0.15) is 47.5 Å². The molecule has 1 saturated heterocycles. The first-order valence-electron chi connectivity index (χ1n) is 6.80. The maximum Gasteiger partial charge on any atom is 0.132 e. The fraction of sp³-hybridized carbons (Fsp3) is 0.769. The van der Waals surface area contributed by atoms with Crippen molar-refractivity contribution in [3.63, 3.8) is 0 Å². The van der Waals surface area contributed by atoms with Gasteiger partial charge in [-0.1, -0.05) is 6.92 Å². The molecule has 100 valence electrons. The zero-order valence-electron chi connectivity index (χ0n) is 10.8. The van der Waals surface area contributed by atoms with Gasteiger partial charge >= 0.3 is 0 Å². The Balaban J connectivity index is 1.81. The maximum absolute atomic E-state index is 5.74. The van der Waals surface area contributed by atoms with Gasteiger partial charge in [0.2, 0.25) is 0 Å². The van der Waals surface area contributed by atoms with Crippen LogP contribution in [0.2, 0.25) is 0 Å². The third-order valence-electron chi connectivity index (χ3n) is 3.51. The monoisotopic (exact) mass is 268 g/mol. The summed E-state index contributed by atoms with van der Waals surface area (Å²) >= 11 is 1.81. The van der Waals surface area contributed by atoms with Crippen LogP contribution in [0.25, 0.3) is 0 Å². The van der Waals surface area contributed by atoms with Crippen LogP contribution in [0, 0.1) is 0 Å². The predicted octanol–water partition coefficient (Wildman–Crippen LogP) is 2.22. The predicted molar refractivity (Wildman–Crippen MR) is 71.0 cm³/mol. The van der Waals surface area contributed by atoms with Crippen molar-refractivity contribution < 1.29 is 9.47 Å². The molecule has 2 unspecified atom stereocenters. The molecule has 0 saturated carbocycles. The molecule has 0 spiro atoms. The lowest BCUT2D eigenvalue weighted by molar-refractivity contribution is -0.0902. The number of hydrogen-bond donors (Lipinski definition) is 1. The SMILES string of the molecule is CCNC1CCCc2nc(C3COCCO3)sc21. The quantitative estimate of drug-likeness (QED) is 0.913. The number of fused-ring (bicyclic) bond motifs is 1. The Morgan fingerprint density at radius 3 is 3.17 bits per heavy atom. The average Bonchev–Trinajstić information content (AvgIpc) is 2.85. The van der Waals surface area contributed by atoms with Crippen LogP contribution in [-0.4, -0.2) is 31.3 Å². The number of aryl methyl sites for hydroxylation is 1. The van der Waals surface area contributed by atoms with Crippen LogP contribution >= 0.6 is 11.3 Å². The van der Waals surface area contributed by atoms with Gasteiger partial charge in [0, 0.05) is 10.9 Å². The molecule has 2 aliphatic rings. The molecule has 18 heavy (non-hydrogen) atoms. The molecular weight excluding hydrogens is 248 g/mol. The summed E-state index contributed by atoms with van der Waals surface area (Å²) in [6, 6.07) is 0.495. The highest BCUT2D eigenvalue weighted by molar-refractivity contribution is 7.11. The molecule has 1 aromatic heterocycles. The first kappa shape index (κ1) is 12.5. The summed E-state index contributed by atoms with van der Waals surface area (Å²) < 4.78 is 11.2. The van der Waals surface area contributed by atoms with E-state index in [2.05, 4.69) is 12.2 Å². The van der Waals surface area contributed by atoms with Gasteiger partial charge in [0.05, 0.1) is 25.5 Å². The molecule has 2 atom stereocenters. The number of hydrogen-bond acceptors (Lipinski definition) is 5. The normalized spacial score (nSPS) is 28.1. The van der Waals surface area contributed by atoms with Gasteiger partial charge in [-0.25, -0.2) is 4.98 Å². The van der Waals surface area contributed by atoms with Crippen molar-refractivity contribution >= 4 is 11.3 Å². The largest absolute Gasteiger partial charge is 0.376 e. The number of rotatable bonds is 3. The summed E-state index contributed by atoms with van der Waals surface area (Å²) in [4.78, 5) is 6.20. The van der Waals surface area contributed by atoms with Crippen LogP contribution in [0.3, 0.4) is 0 Å². The first-order valence-corrected chi connectivity index (χ1v) is 7.62. The third kappa shape index (κ3) is 2.45. The molecule has 1 aliphatic carbocycles. The number of nitrogens with zero attached hydrogens (tertiary/aromatic N) is 1. The standard InChI is InChI=1S/C13H20N2O2S/c1-2-14-9-4-3-5-10-12(9)18-13(15-10)11-8-16-6-7-17-11/h9,11,14H,2-8H2,1H3. The van der Waals surface area contributed by atoms with Gasteiger partial charge in [-0.3, -0.25) is 0 Å². The van der Waals surface area contributed by atoms with Crippen molar-refractivity contribution in [1.82, 2.24) is 10.3 Å². The van der Waals surface area contributed by atoms with Gasteiger partial charge in [0.25, 0.3) is 0 Å². The topological polar surface area (TPSA) is 43.4 Å². The van der Waals surface area contributed by atoms with Crippen LogP contribution in [-0.2, 0) is 15.9 Å². The van der Waals surface area contributed by atoms with E-state index in [-0.39, 0.29) is 6.10 Å². The smallest absolute Gasteiger partial charge is 0.132 e. The second-order valence-electron chi connectivity index (χ2n) is 4.80. The summed E-state index contributed by atoms with van der Waals surface area (Å²) in [6.45, 7) is 5.22. The van der Waals surface area contributed by atoms with E-state index in [1.165, 1.54) is 23.4 Å². The maximum atomic E-state index is 5.74. The van der Waals surface area contributed by atoms with Crippen molar-refractivity contribution in [2.45, 2.75) is 38.3 Å². The Kier molecular flexibility index (Phi) is 3.94. The van der Waals surface area contributed by atoms with E-state index < -0.39 is 0 Å². The van der Waals surface area contributed by atoms with Gasteiger partial charge in [-0.05, 0) is 25.8 Å². The Bertz CT molecular complexity index is 402. The zero-order chi connectivity index (χ0) is 12.4. The fourth-order valence-corrected chi connectivity index (χ4v) is 3.91. The van der Waals surface area contributed by atoms with E-state index in [0.717, 1.165) is 18.0 Å². The van der Waals surface area contributed by atoms with Crippen molar-refractivity contribution in [3.05, 3.63) is 15.6 Å². The number of aromatic nitrogens is 1. The van der Waals surface area contributed by atoms with Gasteiger partial charge in [0.15, 0.2) is 0 Å². The number of ether oxygens (including phenoxy) is 2. The van der Waals surface area contributed by atoms with Crippen LogP contribution < -0.4 is 5.32 Å². The molecule has 0 bridgehead atoms. The van der Waals surface area contributed by atoms with Gasteiger partial charge < -0.3 is 14.8 Å². The highest BCUT2D eigenvalue weighted by Crippen LogP contribution is 2.37. The summed E-state index contributed by atoms with van der Waals surface area (Å²) in [7, 11) is 0. The fourth-order valence-electron chi connectivity index (χ4n) is 2.65. The van der Waals surface area contributed by atoms with Crippen molar-refractivity contribution in [2.75, 3.05) is 26.4 Å². The lowest BCUT2D eigenvalue weighted by Crippen LogP contribution is -2.23. The molecular formula is C13H20N2O2S. The van der Waals surface area contributed by atoms with Gasteiger partial charge in [-0.15, -0.1) is 11.3 Å². The number of thiazole rings is 1. The van der Waals surface area contributed by atoms with Crippen molar-refractivity contribution in [3.8, 4) is 0 Å². The Labute approximate surface area is 112 Å². The molecule has 1 aromatic rings. The van der Waals surface area contributed by atoms with E-state index in [1.54, 1.807) is 0 Å². The third-order valence-corrected chi connectivity index (χ3v) is 4.81. The molecule has 4 nitrogen and oxygen atoms in total. The Morgan fingerprint density at radius 1 is 1.44 bits per heavy atom. The summed E-state index contributed by atoms with van der Waals surface area (Å²) in [5.74, 6) is 0. The molecule has 1 aliphatic heterocycles. The molecule has 0 radical (unpaired) electrons.